The maximum Gasteiger partial charge on any atom is 0.220 e. The van der Waals surface area contributed by atoms with Crippen LogP contribution in [0.25, 0.3) is 11.3 Å². The number of benzene rings is 1. The summed E-state index contributed by atoms with van der Waals surface area (Å²) >= 11 is 0. The van der Waals surface area contributed by atoms with E-state index >= 15 is 0 Å². The molecular weight excluding hydrogens is 302 g/mol. The molecule has 0 aliphatic heterocycles. The first kappa shape index (κ1) is 16.7. The van der Waals surface area contributed by atoms with E-state index in [9.17, 15) is 4.79 Å². The number of nitrogens with zero attached hydrogens (tertiary/aromatic N) is 1. The van der Waals surface area contributed by atoms with Crippen LogP contribution in [0.15, 0.2) is 40.9 Å². The zero-order chi connectivity index (χ0) is 17.0. The molecule has 1 heterocycles. The lowest BCUT2D eigenvalue weighted by Gasteiger charge is -2.29. The minimum Gasteiger partial charge on any atom is -0.441 e. The Kier molecular flexibility index (Phi) is 5.00. The third kappa shape index (κ3) is 4.03. The number of oxazole rings is 1. The molecule has 3 N–H and O–H groups in total. The predicted molar refractivity (Wildman–Crippen MR) is 93.2 cm³/mol. The molecule has 24 heavy (non-hydrogen) atoms. The first-order chi connectivity index (χ1) is 11.6. The van der Waals surface area contributed by atoms with E-state index in [1.165, 1.54) is 0 Å². The summed E-state index contributed by atoms with van der Waals surface area (Å²) in [4.78, 5) is 16.4. The van der Waals surface area contributed by atoms with Crippen LogP contribution in [0.5, 0.6) is 0 Å². The Morgan fingerprint density at radius 2 is 2.12 bits per heavy atom. The molecular formula is C19H25N3O2. The van der Waals surface area contributed by atoms with Crippen LogP contribution in [-0.4, -0.2) is 23.0 Å². The van der Waals surface area contributed by atoms with Gasteiger partial charge >= 0.3 is 0 Å². The highest BCUT2D eigenvalue weighted by molar-refractivity contribution is 5.76. The average Bonchev–Trinajstić information content (AvgIpc) is 3.36. The SMILES string of the molecule is CC(CN)(NC(=O)CCCc1ncc(-c2ccccc2)o1)C1CC1. The predicted octanol–water partition coefficient (Wildman–Crippen LogP) is 2.91. The Morgan fingerprint density at radius 1 is 1.38 bits per heavy atom. The summed E-state index contributed by atoms with van der Waals surface area (Å²) < 4.78 is 5.76. The number of hydrogen-bond donors (Lipinski definition) is 2. The molecule has 0 spiro atoms. The van der Waals surface area contributed by atoms with E-state index in [-0.39, 0.29) is 11.4 Å². The molecule has 1 atom stereocenters. The summed E-state index contributed by atoms with van der Waals surface area (Å²) in [6.45, 7) is 2.53. The van der Waals surface area contributed by atoms with Gasteiger partial charge in [-0.1, -0.05) is 30.3 Å². The summed E-state index contributed by atoms with van der Waals surface area (Å²) in [5.41, 5.74) is 6.60. The van der Waals surface area contributed by atoms with Crippen molar-refractivity contribution in [3.63, 3.8) is 0 Å². The van der Waals surface area contributed by atoms with Crippen molar-refractivity contribution in [3.05, 3.63) is 42.4 Å². The number of nitrogens with one attached hydrogen (secondary N) is 1. The van der Waals surface area contributed by atoms with Gasteiger partial charge in [0.2, 0.25) is 5.91 Å². The standard InChI is InChI=1S/C19H25N3O2/c1-19(13-20,15-10-11-15)22-17(23)8-5-9-18-21-12-16(24-18)14-6-3-2-4-7-14/h2-4,6-7,12,15H,5,8-11,13,20H2,1H3,(H,22,23). The summed E-state index contributed by atoms with van der Waals surface area (Å²) in [6.07, 6.45) is 5.89. The smallest absolute Gasteiger partial charge is 0.220 e. The Labute approximate surface area is 142 Å². The molecule has 3 rings (SSSR count). The second-order valence-corrected chi connectivity index (χ2v) is 6.78. The van der Waals surface area contributed by atoms with Gasteiger partial charge in [-0.25, -0.2) is 4.98 Å². The van der Waals surface area contributed by atoms with Crippen LogP contribution in [0.3, 0.4) is 0 Å². The van der Waals surface area contributed by atoms with Gasteiger partial charge in [-0.05, 0) is 32.1 Å². The van der Waals surface area contributed by atoms with Crippen molar-refractivity contribution in [1.29, 1.82) is 0 Å². The minimum absolute atomic E-state index is 0.0599. The molecule has 5 nitrogen and oxygen atoms in total. The molecule has 128 valence electrons. The van der Waals surface area contributed by atoms with E-state index in [1.807, 2.05) is 37.3 Å². The topological polar surface area (TPSA) is 81.1 Å². The fourth-order valence-corrected chi connectivity index (χ4v) is 2.98. The van der Waals surface area contributed by atoms with Crippen LogP contribution in [0.2, 0.25) is 0 Å². The van der Waals surface area contributed by atoms with Gasteiger partial charge in [-0.15, -0.1) is 0 Å². The molecule has 2 aromatic rings. The van der Waals surface area contributed by atoms with E-state index in [2.05, 4.69) is 10.3 Å². The van der Waals surface area contributed by atoms with Gasteiger partial charge in [0.1, 0.15) is 0 Å². The lowest BCUT2D eigenvalue weighted by Crippen LogP contribution is -2.53. The fourth-order valence-electron chi connectivity index (χ4n) is 2.98. The molecule has 1 amide bonds. The van der Waals surface area contributed by atoms with Crippen LogP contribution in [-0.2, 0) is 11.2 Å². The summed E-state index contributed by atoms with van der Waals surface area (Å²) in [6, 6.07) is 9.88. The van der Waals surface area contributed by atoms with Crippen molar-refractivity contribution in [2.24, 2.45) is 11.7 Å². The monoisotopic (exact) mass is 327 g/mol. The number of aromatic nitrogens is 1. The lowest BCUT2D eigenvalue weighted by atomic mass is 9.95. The number of nitrogens with two attached hydrogens (primary N) is 1. The Hall–Kier alpha value is -2.14. The number of carbonyl (C=O) groups excluding carboxylic acids is 1. The molecule has 1 aliphatic carbocycles. The van der Waals surface area contributed by atoms with Crippen molar-refractivity contribution < 1.29 is 9.21 Å². The summed E-state index contributed by atoms with van der Waals surface area (Å²) in [5.74, 6) is 2.03. The number of amides is 1. The van der Waals surface area contributed by atoms with Crippen LogP contribution in [0.1, 0.15) is 38.5 Å². The molecule has 5 heteroatoms. The maximum atomic E-state index is 12.1. The largest absolute Gasteiger partial charge is 0.441 e. The van der Waals surface area contributed by atoms with Crippen molar-refractivity contribution in [3.8, 4) is 11.3 Å². The van der Waals surface area contributed by atoms with Crippen molar-refractivity contribution in [1.82, 2.24) is 10.3 Å². The quantitative estimate of drug-likeness (QED) is 0.781. The Bertz CT molecular complexity index is 679. The first-order valence-electron chi connectivity index (χ1n) is 8.62. The van der Waals surface area contributed by atoms with Crippen LogP contribution < -0.4 is 11.1 Å². The Morgan fingerprint density at radius 3 is 2.79 bits per heavy atom. The minimum atomic E-state index is -0.250. The zero-order valence-corrected chi connectivity index (χ0v) is 14.1. The van der Waals surface area contributed by atoms with Gasteiger partial charge in [0.05, 0.1) is 11.7 Å². The van der Waals surface area contributed by atoms with Gasteiger partial charge in [0, 0.05) is 24.9 Å². The molecule has 0 radical (unpaired) electrons. The molecule has 0 bridgehead atoms. The number of rotatable bonds is 8. The van der Waals surface area contributed by atoms with E-state index in [1.54, 1.807) is 6.20 Å². The van der Waals surface area contributed by atoms with Gasteiger partial charge in [-0.3, -0.25) is 4.79 Å². The zero-order valence-electron chi connectivity index (χ0n) is 14.1. The van der Waals surface area contributed by atoms with Gasteiger partial charge < -0.3 is 15.5 Å². The number of hydrogen-bond acceptors (Lipinski definition) is 4. The van der Waals surface area contributed by atoms with Crippen LogP contribution >= 0.6 is 0 Å². The van der Waals surface area contributed by atoms with Gasteiger partial charge in [-0.2, -0.15) is 0 Å². The van der Waals surface area contributed by atoms with Crippen molar-refractivity contribution in [2.75, 3.05) is 6.54 Å². The van der Waals surface area contributed by atoms with Gasteiger partial charge in [0.15, 0.2) is 11.7 Å². The average molecular weight is 327 g/mol. The normalized spacial score (nSPS) is 16.6. The van der Waals surface area contributed by atoms with E-state index < -0.39 is 0 Å². The van der Waals surface area contributed by atoms with E-state index in [0.29, 0.717) is 37.6 Å². The lowest BCUT2D eigenvalue weighted by molar-refractivity contribution is -0.123. The molecule has 1 aromatic carbocycles. The Balaban J connectivity index is 1.46. The highest BCUT2D eigenvalue weighted by atomic mass is 16.4. The highest BCUT2D eigenvalue weighted by Gasteiger charge is 2.41. The van der Waals surface area contributed by atoms with Crippen LogP contribution in [0, 0.1) is 5.92 Å². The summed E-state index contributed by atoms with van der Waals surface area (Å²) in [7, 11) is 0. The second kappa shape index (κ2) is 7.18. The van der Waals surface area contributed by atoms with E-state index in [0.717, 1.165) is 24.2 Å². The number of aryl methyl sites for hydroxylation is 1. The van der Waals surface area contributed by atoms with Gasteiger partial charge in [0.25, 0.3) is 0 Å². The van der Waals surface area contributed by atoms with Crippen molar-refractivity contribution in [2.45, 2.75) is 44.6 Å². The molecule has 1 saturated carbocycles. The summed E-state index contributed by atoms with van der Waals surface area (Å²) in [5, 5.41) is 3.11. The third-order valence-electron chi connectivity index (χ3n) is 4.73. The molecule has 1 aromatic heterocycles. The highest BCUT2D eigenvalue weighted by Crippen LogP contribution is 2.39. The maximum absolute atomic E-state index is 12.1. The molecule has 0 saturated heterocycles. The molecule has 1 unspecified atom stereocenters. The van der Waals surface area contributed by atoms with E-state index in [4.69, 9.17) is 10.2 Å². The fraction of sp³-hybridized carbons (Fsp3) is 0.474. The van der Waals surface area contributed by atoms with Crippen molar-refractivity contribution >= 4 is 5.91 Å². The van der Waals surface area contributed by atoms with Crippen LogP contribution in [0.4, 0.5) is 0 Å². The molecule has 1 fully saturated rings. The third-order valence-corrected chi connectivity index (χ3v) is 4.73. The molecule has 1 aliphatic rings. The second-order valence-electron chi connectivity index (χ2n) is 6.78. The number of carbonyl (C=O) groups is 1. The first-order valence-corrected chi connectivity index (χ1v) is 8.62.